The molecule has 1 aliphatic rings. The summed E-state index contributed by atoms with van der Waals surface area (Å²) in [7, 11) is 1.65. The van der Waals surface area contributed by atoms with Crippen LogP contribution in [0.3, 0.4) is 0 Å². The summed E-state index contributed by atoms with van der Waals surface area (Å²) >= 11 is 0. The minimum Gasteiger partial charge on any atom is -0.497 e. The number of aromatic nitrogens is 1. The van der Waals surface area contributed by atoms with Gasteiger partial charge in [-0.05, 0) is 35.7 Å². The molecule has 2 aromatic rings. The van der Waals surface area contributed by atoms with Gasteiger partial charge >= 0.3 is 0 Å². The lowest BCUT2D eigenvalue weighted by Crippen LogP contribution is -2.21. The Morgan fingerprint density at radius 3 is 3.09 bits per heavy atom. The van der Waals surface area contributed by atoms with Crippen molar-refractivity contribution in [2.75, 3.05) is 18.6 Å². The standard InChI is InChI=1S/C16H17N3O3/c1-22-14-4-2-3-11(7-14)10-19-6-5-12-8-13(16(20)18-21)9-17-15(12)19/h2-4,7-9,21H,5-6,10H2,1H3,(H,18,20). The third-order valence-corrected chi connectivity index (χ3v) is 3.76. The number of hydrogen-bond acceptors (Lipinski definition) is 5. The fourth-order valence-electron chi connectivity index (χ4n) is 2.67. The fraction of sp³-hybridized carbons (Fsp3) is 0.250. The highest BCUT2D eigenvalue weighted by Crippen LogP contribution is 2.28. The number of nitrogens with zero attached hydrogens (tertiary/aromatic N) is 2. The molecule has 22 heavy (non-hydrogen) atoms. The van der Waals surface area contributed by atoms with Gasteiger partial charge in [0.1, 0.15) is 11.6 Å². The van der Waals surface area contributed by atoms with Crippen LogP contribution in [0.25, 0.3) is 0 Å². The van der Waals surface area contributed by atoms with E-state index in [4.69, 9.17) is 9.94 Å². The van der Waals surface area contributed by atoms with Crippen LogP contribution in [0, 0.1) is 0 Å². The number of anilines is 1. The van der Waals surface area contributed by atoms with Gasteiger partial charge in [0.2, 0.25) is 0 Å². The summed E-state index contributed by atoms with van der Waals surface area (Å²) in [5, 5.41) is 8.68. The Morgan fingerprint density at radius 2 is 2.32 bits per heavy atom. The Bertz CT molecular complexity index is 703. The van der Waals surface area contributed by atoms with Crippen molar-refractivity contribution < 1.29 is 14.7 Å². The Hall–Kier alpha value is -2.60. The number of amides is 1. The molecule has 2 heterocycles. The van der Waals surface area contributed by atoms with Crippen molar-refractivity contribution >= 4 is 11.7 Å². The Labute approximate surface area is 128 Å². The minimum absolute atomic E-state index is 0.365. The number of benzene rings is 1. The molecule has 114 valence electrons. The zero-order valence-corrected chi connectivity index (χ0v) is 12.2. The molecule has 1 aliphatic heterocycles. The first kappa shape index (κ1) is 14.3. The van der Waals surface area contributed by atoms with Gasteiger partial charge in [0.25, 0.3) is 5.91 Å². The van der Waals surface area contributed by atoms with Gasteiger partial charge in [-0.2, -0.15) is 0 Å². The molecule has 0 spiro atoms. The van der Waals surface area contributed by atoms with Gasteiger partial charge in [0.15, 0.2) is 0 Å². The first-order chi connectivity index (χ1) is 10.7. The van der Waals surface area contributed by atoms with Crippen molar-refractivity contribution in [3.63, 3.8) is 0 Å². The van der Waals surface area contributed by atoms with Gasteiger partial charge in [-0.25, -0.2) is 10.5 Å². The second kappa shape index (κ2) is 6.03. The molecule has 6 heteroatoms. The number of rotatable bonds is 4. The van der Waals surface area contributed by atoms with E-state index in [1.54, 1.807) is 18.7 Å². The first-order valence-electron chi connectivity index (χ1n) is 7.02. The third-order valence-electron chi connectivity index (χ3n) is 3.76. The molecule has 6 nitrogen and oxygen atoms in total. The number of carbonyl (C=O) groups is 1. The summed E-state index contributed by atoms with van der Waals surface area (Å²) in [5.41, 5.74) is 4.16. The maximum absolute atomic E-state index is 11.4. The highest BCUT2D eigenvalue weighted by Gasteiger charge is 2.22. The number of pyridine rings is 1. The molecule has 0 unspecified atom stereocenters. The molecular weight excluding hydrogens is 282 g/mol. The molecule has 0 saturated heterocycles. The Balaban J connectivity index is 1.80. The number of fused-ring (bicyclic) bond motifs is 1. The van der Waals surface area contributed by atoms with Crippen molar-refractivity contribution in [3.8, 4) is 5.75 Å². The van der Waals surface area contributed by atoms with Crippen molar-refractivity contribution in [3.05, 3.63) is 53.2 Å². The van der Waals surface area contributed by atoms with Crippen LogP contribution in [-0.4, -0.2) is 29.8 Å². The maximum atomic E-state index is 11.4. The number of hydroxylamine groups is 1. The van der Waals surface area contributed by atoms with E-state index in [9.17, 15) is 4.79 Å². The molecule has 2 N–H and O–H groups in total. The van der Waals surface area contributed by atoms with E-state index in [-0.39, 0.29) is 0 Å². The Kier molecular flexibility index (Phi) is 3.93. The summed E-state index contributed by atoms with van der Waals surface area (Å²) in [6.07, 6.45) is 2.31. The molecule has 0 aliphatic carbocycles. The predicted octanol–water partition coefficient (Wildman–Crippen LogP) is 1.77. The van der Waals surface area contributed by atoms with Gasteiger partial charge in [-0.3, -0.25) is 10.0 Å². The zero-order valence-electron chi connectivity index (χ0n) is 12.2. The lowest BCUT2D eigenvalue weighted by atomic mass is 10.1. The van der Waals surface area contributed by atoms with Crippen LogP contribution in [0.2, 0.25) is 0 Å². The SMILES string of the molecule is COc1cccc(CN2CCc3cc(C(=O)NO)cnc32)c1. The van der Waals surface area contributed by atoms with E-state index < -0.39 is 5.91 Å². The average molecular weight is 299 g/mol. The number of carbonyl (C=O) groups excluding carboxylic acids is 1. The summed E-state index contributed by atoms with van der Waals surface area (Å²) in [6, 6.07) is 9.71. The summed E-state index contributed by atoms with van der Waals surface area (Å²) < 4.78 is 5.24. The smallest absolute Gasteiger partial charge is 0.276 e. The summed E-state index contributed by atoms with van der Waals surface area (Å²) in [6.45, 7) is 1.59. The lowest BCUT2D eigenvalue weighted by molar-refractivity contribution is 0.0706. The van der Waals surface area contributed by atoms with Gasteiger partial charge in [-0.1, -0.05) is 12.1 Å². The highest BCUT2D eigenvalue weighted by atomic mass is 16.5. The van der Waals surface area contributed by atoms with Crippen molar-refractivity contribution in [2.45, 2.75) is 13.0 Å². The number of nitrogens with one attached hydrogen (secondary N) is 1. The van der Waals surface area contributed by atoms with E-state index >= 15 is 0 Å². The van der Waals surface area contributed by atoms with Crippen molar-refractivity contribution in [1.29, 1.82) is 0 Å². The normalized spacial score (nSPS) is 12.9. The summed E-state index contributed by atoms with van der Waals surface area (Å²) in [5.74, 6) is 1.18. The van der Waals surface area contributed by atoms with E-state index in [1.807, 2.05) is 24.3 Å². The second-order valence-corrected chi connectivity index (χ2v) is 5.17. The predicted molar refractivity (Wildman–Crippen MR) is 81.2 cm³/mol. The minimum atomic E-state index is -0.540. The summed E-state index contributed by atoms with van der Waals surface area (Å²) in [4.78, 5) is 18.0. The molecule has 1 aromatic carbocycles. The monoisotopic (exact) mass is 299 g/mol. The van der Waals surface area contributed by atoms with Crippen LogP contribution in [-0.2, 0) is 13.0 Å². The van der Waals surface area contributed by atoms with E-state index in [2.05, 4.69) is 9.88 Å². The average Bonchev–Trinajstić information content (AvgIpc) is 2.96. The quantitative estimate of drug-likeness (QED) is 0.665. The number of ether oxygens (including phenoxy) is 1. The molecule has 1 aromatic heterocycles. The van der Waals surface area contributed by atoms with Crippen LogP contribution < -0.4 is 15.1 Å². The first-order valence-corrected chi connectivity index (χ1v) is 7.02. The molecule has 3 rings (SSSR count). The van der Waals surface area contributed by atoms with Gasteiger partial charge in [0, 0.05) is 19.3 Å². The van der Waals surface area contributed by atoms with Crippen LogP contribution in [0.15, 0.2) is 36.5 Å². The van der Waals surface area contributed by atoms with E-state index in [1.165, 1.54) is 6.20 Å². The van der Waals surface area contributed by atoms with Crippen LogP contribution >= 0.6 is 0 Å². The maximum Gasteiger partial charge on any atom is 0.276 e. The lowest BCUT2D eigenvalue weighted by Gasteiger charge is -2.18. The third kappa shape index (κ3) is 2.73. The van der Waals surface area contributed by atoms with Gasteiger partial charge < -0.3 is 9.64 Å². The fourth-order valence-corrected chi connectivity index (χ4v) is 2.67. The molecular formula is C16H17N3O3. The molecule has 0 fully saturated rings. The van der Waals surface area contributed by atoms with Gasteiger partial charge in [-0.15, -0.1) is 0 Å². The van der Waals surface area contributed by atoms with E-state index in [0.717, 1.165) is 42.2 Å². The Morgan fingerprint density at radius 1 is 1.45 bits per heavy atom. The number of hydrogen-bond donors (Lipinski definition) is 2. The largest absolute Gasteiger partial charge is 0.497 e. The highest BCUT2D eigenvalue weighted by molar-refractivity contribution is 5.93. The van der Waals surface area contributed by atoms with Crippen LogP contribution in [0.1, 0.15) is 21.5 Å². The molecule has 0 saturated carbocycles. The zero-order chi connectivity index (χ0) is 15.5. The topological polar surface area (TPSA) is 74.7 Å². The molecule has 0 bridgehead atoms. The number of methoxy groups -OCH3 is 1. The van der Waals surface area contributed by atoms with E-state index in [0.29, 0.717) is 5.56 Å². The van der Waals surface area contributed by atoms with Crippen LogP contribution in [0.5, 0.6) is 5.75 Å². The molecule has 0 radical (unpaired) electrons. The van der Waals surface area contributed by atoms with Crippen LogP contribution in [0.4, 0.5) is 5.82 Å². The van der Waals surface area contributed by atoms with Crippen molar-refractivity contribution in [1.82, 2.24) is 10.5 Å². The molecule has 0 atom stereocenters. The van der Waals surface area contributed by atoms with Gasteiger partial charge in [0.05, 0.1) is 12.7 Å². The molecule has 1 amide bonds. The van der Waals surface area contributed by atoms with Crippen molar-refractivity contribution in [2.24, 2.45) is 0 Å². The second-order valence-electron chi connectivity index (χ2n) is 5.17.